The molecule has 1 saturated heterocycles. The first-order chi connectivity index (χ1) is 15.8. The topological polar surface area (TPSA) is 74.2 Å². The van der Waals surface area contributed by atoms with E-state index in [0.29, 0.717) is 24.2 Å². The average Bonchev–Trinajstić information content (AvgIpc) is 3.34. The average molecular weight is 529 g/mol. The summed E-state index contributed by atoms with van der Waals surface area (Å²) in [6.07, 6.45) is 4.05. The summed E-state index contributed by atoms with van der Waals surface area (Å²) in [4.78, 5) is 12.2. The molecule has 1 saturated carbocycles. The molecule has 2 fully saturated rings. The maximum atomic E-state index is 12.2. The van der Waals surface area contributed by atoms with E-state index in [0.717, 1.165) is 0 Å². The summed E-state index contributed by atoms with van der Waals surface area (Å²) in [5.74, 6) is 0.839. The second kappa shape index (κ2) is 11.1. The lowest BCUT2D eigenvalue weighted by molar-refractivity contribution is -0.160. The van der Waals surface area contributed by atoms with Crippen LogP contribution >= 0.6 is 0 Å². The van der Waals surface area contributed by atoms with Crippen LogP contribution in [0.1, 0.15) is 61.3 Å². The number of rotatable bonds is 9. The zero-order valence-electron chi connectivity index (χ0n) is 24.3. The second-order valence-corrected chi connectivity index (χ2v) is 23.2. The molecule has 204 valence electrons. The first-order valence-corrected chi connectivity index (χ1v) is 19.0. The van der Waals surface area contributed by atoms with Crippen LogP contribution in [0.2, 0.25) is 36.3 Å². The standard InChI is InChI=1S/C27H52O6Si2/c1-18-20(21(18)17-28)13-14-22-25(33-35(11,12)27(5,6)7)23(32-34(9,10)26(2,3)4)15-19(31-22)16-24(29)30-8/h13-14,18-23,25,28H,15-17H2,1-12H3/b14-13+/t18-,19-,20-,21-,22-,23-,25-/m0/s1. The zero-order chi connectivity index (χ0) is 27.0. The third-order valence-corrected chi connectivity index (χ3v) is 18.0. The SMILES string of the molecule is COC(=O)C[C@@H]1C[C@H](O[Si](C)(C)C(C)(C)C)[C@@H](O[Si](C)(C)C(C)(C)C)[C@H](/C=C/[C@H]2[C@H](C)[C@@H]2CO)O1. The first kappa shape index (κ1) is 30.7. The number of carbonyl (C=O) groups is 1. The van der Waals surface area contributed by atoms with Gasteiger partial charge >= 0.3 is 5.97 Å². The van der Waals surface area contributed by atoms with Crippen molar-refractivity contribution in [3.63, 3.8) is 0 Å². The van der Waals surface area contributed by atoms with Gasteiger partial charge in [-0.05, 0) is 54.0 Å². The second-order valence-electron chi connectivity index (χ2n) is 13.7. The van der Waals surface area contributed by atoms with Gasteiger partial charge in [-0.25, -0.2) is 0 Å². The summed E-state index contributed by atoms with van der Waals surface area (Å²) in [6, 6.07) is 0. The Balaban J connectivity index is 2.44. The van der Waals surface area contributed by atoms with E-state index in [1.807, 2.05) is 0 Å². The smallest absolute Gasteiger partial charge is 0.308 e. The molecule has 1 aliphatic heterocycles. The van der Waals surface area contributed by atoms with Gasteiger partial charge in [-0.2, -0.15) is 0 Å². The molecule has 0 aromatic rings. The van der Waals surface area contributed by atoms with Crippen LogP contribution in [0.15, 0.2) is 12.2 Å². The van der Waals surface area contributed by atoms with Crippen molar-refractivity contribution in [3.05, 3.63) is 12.2 Å². The molecule has 35 heavy (non-hydrogen) atoms. The predicted molar refractivity (Wildman–Crippen MR) is 146 cm³/mol. The number of hydrogen-bond acceptors (Lipinski definition) is 6. The van der Waals surface area contributed by atoms with Crippen molar-refractivity contribution in [3.8, 4) is 0 Å². The van der Waals surface area contributed by atoms with Crippen LogP contribution in [-0.4, -0.2) is 65.8 Å². The molecule has 1 heterocycles. The molecule has 2 aliphatic rings. The van der Waals surface area contributed by atoms with Crippen LogP contribution < -0.4 is 0 Å². The van der Waals surface area contributed by atoms with E-state index in [2.05, 4.69) is 86.8 Å². The number of methoxy groups -OCH3 is 1. The molecular weight excluding hydrogens is 476 g/mol. The Kier molecular flexibility index (Phi) is 9.72. The van der Waals surface area contributed by atoms with Crippen molar-refractivity contribution in [1.29, 1.82) is 0 Å². The molecule has 0 aromatic carbocycles. The van der Waals surface area contributed by atoms with Gasteiger partial charge in [0.2, 0.25) is 0 Å². The summed E-state index contributed by atoms with van der Waals surface area (Å²) >= 11 is 0. The molecule has 0 bridgehead atoms. The Morgan fingerprint density at radius 1 is 1.00 bits per heavy atom. The molecule has 7 atom stereocenters. The molecule has 0 radical (unpaired) electrons. The van der Waals surface area contributed by atoms with Crippen molar-refractivity contribution in [2.75, 3.05) is 13.7 Å². The van der Waals surface area contributed by atoms with Crippen LogP contribution in [0.3, 0.4) is 0 Å². The van der Waals surface area contributed by atoms with Crippen LogP contribution in [0.5, 0.6) is 0 Å². The molecule has 8 heteroatoms. The van der Waals surface area contributed by atoms with Crippen molar-refractivity contribution in [2.45, 2.75) is 122 Å². The minimum atomic E-state index is -2.14. The monoisotopic (exact) mass is 528 g/mol. The predicted octanol–water partition coefficient (Wildman–Crippen LogP) is 5.92. The molecule has 0 aromatic heterocycles. The zero-order valence-corrected chi connectivity index (χ0v) is 26.3. The highest BCUT2D eigenvalue weighted by Gasteiger charge is 2.50. The first-order valence-electron chi connectivity index (χ1n) is 13.2. The fourth-order valence-electron chi connectivity index (χ4n) is 4.27. The molecular formula is C27H52O6Si2. The minimum Gasteiger partial charge on any atom is -0.469 e. The number of esters is 1. The largest absolute Gasteiger partial charge is 0.469 e. The molecule has 0 unspecified atom stereocenters. The van der Waals surface area contributed by atoms with Crippen LogP contribution in [0.4, 0.5) is 0 Å². The Labute approximate surface area is 216 Å². The van der Waals surface area contributed by atoms with E-state index in [1.54, 1.807) is 0 Å². The normalized spacial score (nSPS) is 32.7. The highest BCUT2D eigenvalue weighted by Crippen LogP contribution is 2.47. The third-order valence-electron chi connectivity index (χ3n) is 9.02. The quantitative estimate of drug-likeness (QED) is 0.227. The van der Waals surface area contributed by atoms with Gasteiger partial charge in [-0.1, -0.05) is 60.6 Å². The molecule has 6 nitrogen and oxygen atoms in total. The van der Waals surface area contributed by atoms with Gasteiger partial charge in [0.1, 0.15) is 6.10 Å². The maximum absolute atomic E-state index is 12.2. The van der Waals surface area contributed by atoms with E-state index in [4.69, 9.17) is 18.3 Å². The Morgan fingerprint density at radius 2 is 1.54 bits per heavy atom. The number of ether oxygens (including phenoxy) is 2. The number of allylic oxidation sites excluding steroid dienone is 1. The third kappa shape index (κ3) is 7.51. The summed E-state index contributed by atoms with van der Waals surface area (Å²) in [5, 5.41) is 9.73. The summed E-state index contributed by atoms with van der Waals surface area (Å²) in [5.41, 5.74) is 0. The van der Waals surface area contributed by atoms with Crippen molar-refractivity contribution >= 4 is 22.6 Å². The Hall–Kier alpha value is -0.516. The van der Waals surface area contributed by atoms with E-state index < -0.39 is 16.6 Å². The lowest BCUT2D eigenvalue weighted by Crippen LogP contribution is -2.59. The maximum Gasteiger partial charge on any atom is 0.308 e. The van der Waals surface area contributed by atoms with E-state index in [-0.39, 0.29) is 53.5 Å². The number of hydrogen-bond donors (Lipinski definition) is 1. The van der Waals surface area contributed by atoms with Crippen LogP contribution in [-0.2, 0) is 23.1 Å². The highest BCUT2D eigenvalue weighted by molar-refractivity contribution is 6.74. The van der Waals surface area contributed by atoms with Gasteiger partial charge in [0, 0.05) is 13.0 Å². The minimum absolute atomic E-state index is 0.0403. The van der Waals surface area contributed by atoms with E-state index in [1.165, 1.54) is 7.11 Å². The molecule has 1 N–H and O–H groups in total. The van der Waals surface area contributed by atoms with Crippen molar-refractivity contribution in [1.82, 2.24) is 0 Å². The van der Waals surface area contributed by atoms with Gasteiger partial charge in [0.25, 0.3) is 0 Å². The van der Waals surface area contributed by atoms with Gasteiger partial charge in [-0.15, -0.1) is 0 Å². The van der Waals surface area contributed by atoms with E-state index in [9.17, 15) is 9.90 Å². The number of aliphatic hydroxyl groups excluding tert-OH is 1. The Morgan fingerprint density at radius 3 is 2.00 bits per heavy atom. The summed E-state index contributed by atoms with van der Waals surface area (Å²) in [7, 11) is -2.84. The molecule has 0 spiro atoms. The highest BCUT2D eigenvalue weighted by atomic mass is 28.4. The van der Waals surface area contributed by atoms with Crippen LogP contribution in [0.25, 0.3) is 0 Å². The summed E-state index contributed by atoms with van der Waals surface area (Å²) < 4.78 is 25.5. The van der Waals surface area contributed by atoms with Crippen molar-refractivity contribution in [2.24, 2.45) is 17.8 Å². The van der Waals surface area contributed by atoms with E-state index >= 15 is 0 Å². The fraction of sp³-hybridized carbons (Fsp3) is 0.889. The lowest BCUT2D eigenvalue weighted by atomic mass is 9.95. The number of aliphatic hydroxyl groups is 1. The van der Waals surface area contributed by atoms with Gasteiger partial charge in [-0.3, -0.25) is 4.79 Å². The fourth-order valence-corrected chi connectivity index (χ4v) is 6.93. The lowest BCUT2D eigenvalue weighted by Gasteiger charge is -2.49. The van der Waals surface area contributed by atoms with Crippen LogP contribution in [0, 0.1) is 17.8 Å². The number of carbonyl (C=O) groups excluding carboxylic acids is 1. The molecule has 1 aliphatic carbocycles. The van der Waals surface area contributed by atoms with Gasteiger partial charge in [0.15, 0.2) is 16.6 Å². The summed E-state index contributed by atoms with van der Waals surface area (Å²) in [6.45, 7) is 24.9. The molecule has 0 amide bonds. The Bertz CT molecular complexity index is 752. The van der Waals surface area contributed by atoms with Gasteiger partial charge in [0.05, 0.1) is 31.8 Å². The van der Waals surface area contributed by atoms with Gasteiger partial charge < -0.3 is 23.4 Å². The molecule has 2 rings (SSSR count). The van der Waals surface area contributed by atoms with Crippen molar-refractivity contribution < 1.29 is 28.2 Å².